The average Bonchev–Trinajstić information content (AvgIpc) is 2.33. The van der Waals surface area contributed by atoms with Gasteiger partial charge in [0.15, 0.2) is 0 Å². The fourth-order valence-corrected chi connectivity index (χ4v) is 4.36. The van der Waals surface area contributed by atoms with Gasteiger partial charge in [0.05, 0.1) is 0 Å². The van der Waals surface area contributed by atoms with Crippen LogP contribution in [0, 0.1) is 5.92 Å². The Bertz CT molecular complexity index is 238. The molecule has 0 aromatic rings. The molecule has 0 rings (SSSR count). The molecule has 0 saturated heterocycles. The van der Waals surface area contributed by atoms with Gasteiger partial charge in [-0.1, -0.05) is 27.2 Å². The van der Waals surface area contributed by atoms with Crippen LogP contribution in [0.15, 0.2) is 4.99 Å². The number of nitrogens with zero attached hydrogens (tertiary/aromatic N) is 1. The summed E-state index contributed by atoms with van der Waals surface area (Å²) in [5.41, 5.74) is 1.85. The van der Waals surface area contributed by atoms with Crippen LogP contribution >= 0.6 is 0 Å². The van der Waals surface area contributed by atoms with Gasteiger partial charge in [0.1, 0.15) is 0 Å². The second kappa shape index (κ2) is 11.6. The van der Waals surface area contributed by atoms with Gasteiger partial charge in [-0.05, 0) is 39.5 Å². The molecule has 0 bridgehead atoms. The predicted octanol–water partition coefficient (Wildman–Crippen LogP) is 3.96. The molecule has 0 aliphatic heterocycles. The van der Waals surface area contributed by atoms with Crippen molar-refractivity contribution in [2.75, 3.05) is 19.8 Å². The second-order valence-electron chi connectivity index (χ2n) is 5.45. The van der Waals surface area contributed by atoms with E-state index in [0.717, 1.165) is 39.0 Å². The smallest absolute Gasteiger partial charge is 0.324 e. The lowest BCUT2D eigenvalue weighted by molar-refractivity contribution is 0.201. The summed E-state index contributed by atoms with van der Waals surface area (Å²) in [6.07, 6.45) is 3.34. The van der Waals surface area contributed by atoms with Crippen LogP contribution in [-0.2, 0) is 8.85 Å². The van der Waals surface area contributed by atoms with Crippen LogP contribution in [0.1, 0.15) is 60.8 Å². The molecule has 0 radical (unpaired) electrons. The molecule has 1 unspecified atom stereocenters. The lowest BCUT2D eigenvalue weighted by atomic mass is 10.1. The molecule has 4 heteroatoms. The van der Waals surface area contributed by atoms with E-state index >= 15 is 0 Å². The highest BCUT2D eigenvalue weighted by molar-refractivity contribution is 6.46. The summed E-state index contributed by atoms with van der Waals surface area (Å²) in [5, 5.41) is 0. The van der Waals surface area contributed by atoms with Crippen molar-refractivity contribution in [3.8, 4) is 0 Å². The monoisotopic (exact) mass is 287 g/mol. The predicted molar refractivity (Wildman–Crippen MR) is 86.5 cm³/mol. The Hall–Kier alpha value is -0.193. The fourth-order valence-electron chi connectivity index (χ4n) is 2.26. The molecular formula is C15H33NO2Si. The first-order valence-electron chi connectivity index (χ1n) is 7.78. The molecule has 114 valence electrons. The van der Waals surface area contributed by atoms with Crippen LogP contribution < -0.4 is 0 Å². The maximum absolute atomic E-state index is 5.83. The minimum Gasteiger partial charge on any atom is -0.397 e. The number of rotatable bonds is 11. The Kier molecular flexibility index (Phi) is 11.5. The van der Waals surface area contributed by atoms with Crippen LogP contribution in [0.25, 0.3) is 0 Å². The zero-order valence-corrected chi connectivity index (χ0v) is 14.9. The molecule has 0 fully saturated rings. The Labute approximate surface area is 121 Å². The van der Waals surface area contributed by atoms with Gasteiger partial charge in [0, 0.05) is 31.0 Å². The summed E-state index contributed by atoms with van der Waals surface area (Å²) in [5.74, 6) is 0.694. The van der Waals surface area contributed by atoms with Gasteiger partial charge in [-0.3, -0.25) is 4.99 Å². The molecule has 0 aliphatic carbocycles. The average molecular weight is 288 g/mol. The van der Waals surface area contributed by atoms with Crippen molar-refractivity contribution in [3.63, 3.8) is 0 Å². The minimum atomic E-state index is -1.51. The molecule has 0 aliphatic rings. The summed E-state index contributed by atoms with van der Waals surface area (Å²) in [6, 6.07) is 0. The van der Waals surface area contributed by atoms with Gasteiger partial charge in [-0.25, -0.2) is 0 Å². The van der Waals surface area contributed by atoms with Crippen LogP contribution in [0.4, 0.5) is 0 Å². The Morgan fingerprint density at radius 2 is 1.68 bits per heavy atom. The standard InChI is InChI=1S/C15H33NO2Si/c1-7-15(19(17-8-2)18-9-3)10-11-16-14(6)12-13(4)5/h13,15,19H,7-12H2,1-6H3. The van der Waals surface area contributed by atoms with Crippen LogP contribution in [0.2, 0.25) is 5.54 Å². The van der Waals surface area contributed by atoms with E-state index in [1.807, 2.05) is 0 Å². The summed E-state index contributed by atoms with van der Waals surface area (Å²) >= 11 is 0. The minimum absolute atomic E-state index is 0.579. The molecule has 3 nitrogen and oxygen atoms in total. The summed E-state index contributed by atoms with van der Waals surface area (Å²) in [7, 11) is -1.51. The van der Waals surface area contributed by atoms with Crippen molar-refractivity contribution < 1.29 is 8.85 Å². The molecule has 19 heavy (non-hydrogen) atoms. The Balaban J connectivity index is 4.22. The quantitative estimate of drug-likeness (QED) is 0.425. The first kappa shape index (κ1) is 18.8. The first-order valence-corrected chi connectivity index (χ1v) is 9.39. The van der Waals surface area contributed by atoms with Gasteiger partial charge in [-0.15, -0.1) is 0 Å². The van der Waals surface area contributed by atoms with E-state index < -0.39 is 9.28 Å². The molecule has 1 atom stereocenters. The van der Waals surface area contributed by atoms with E-state index in [1.165, 1.54) is 5.71 Å². The highest BCUT2D eigenvalue weighted by Crippen LogP contribution is 2.21. The Morgan fingerprint density at radius 3 is 2.11 bits per heavy atom. The highest BCUT2D eigenvalue weighted by Gasteiger charge is 2.23. The van der Waals surface area contributed by atoms with Crippen LogP contribution in [0.5, 0.6) is 0 Å². The molecule has 0 aromatic carbocycles. The summed E-state index contributed by atoms with van der Waals surface area (Å²) in [4.78, 5) is 4.68. The molecule has 0 amide bonds. The van der Waals surface area contributed by atoms with Crippen molar-refractivity contribution in [2.45, 2.75) is 66.3 Å². The first-order chi connectivity index (χ1) is 9.04. The number of hydrogen-bond donors (Lipinski definition) is 0. The van der Waals surface area contributed by atoms with E-state index in [4.69, 9.17) is 8.85 Å². The van der Waals surface area contributed by atoms with Gasteiger partial charge in [0.2, 0.25) is 0 Å². The Morgan fingerprint density at radius 1 is 1.11 bits per heavy atom. The third-order valence-corrected chi connectivity index (χ3v) is 6.05. The van der Waals surface area contributed by atoms with Crippen molar-refractivity contribution in [2.24, 2.45) is 10.9 Å². The molecule has 0 heterocycles. The zero-order chi connectivity index (χ0) is 14.7. The van der Waals surface area contributed by atoms with E-state index in [0.29, 0.717) is 11.5 Å². The van der Waals surface area contributed by atoms with Gasteiger partial charge in [-0.2, -0.15) is 0 Å². The normalized spacial score (nSPS) is 14.4. The molecule has 0 spiro atoms. The number of aliphatic imine (C=N–C) groups is 1. The highest BCUT2D eigenvalue weighted by atomic mass is 28.3. The molecule has 0 N–H and O–H groups in total. The lowest BCUT2D eigenvalue weighted by Crippen LogP contribution is -2.29. The van der Waals surface area contributed by atoms with Gasteiger partial charge >= 0.3 is 9.28 Å². The third kappa shape index (κ3) is 9.36. The molecule has 0 aromatic heterocycles. The summed E-state index contributed by atoms with van der Waals surface area (Å²) < 4.78 is 11.7. The van der Waals surface area contributed by atoms with Crippen molar-refractivity contribution in [1.82, 2.24) is 0 Å². The summed E-state index contributed by atoms with van der Waals surface area (Å²) in [6.45, 7) is 15.4. The van der Waals surface area contributed by atoms with E-state index in [2.05, 4.69) is 46.5 Å². The van der Waals surface area contributed by atoms with Gasteiger partial charge in [0.25, 0.3) is 0 Å². The maximum atomic E-state index is 5.83. The third-order valence-electron chi connectivity index (χ3n) is 3.16. The van der Waals surface area contributed by atoms with Crippen molar-refractivity contribution in [1.29, 1.82) is 0 Å². The SMILES string of the molecule is CCO[SiH](OCC)C(CC)CCN=C(C)CC(C)C. The van der Waals surface area contributed by atoms with Crippen molar-refractivity contribution >= 4 is 15.0 Å². The number of hydrogen-bond acceptors (Lipinski definition) is 3. The van der Waals surface area contributed by atoms with E-state index in [-0.39, 0.29) is 0 Å². The van der Waals surface area contributed by atoms with Crippen LogP contribution in [0.3, 0.4) is 0 Å². The lowest BCUT2D eigenvalue weighted by Gasteiger charge is -2.23. The van der Waals surface area contributed by atoms with E-state index in [9.17, 15) is 0 Å². The van der Waals surface area contributed by atoms with Crippen molar-refractivity contribution in [3.05, 3.63) is 0 Å². The topological polar surface area (TPSA) is 30.8 Å². The zero-order valence-electron chi connectivity index (χ0n) is 13.7. The molecule has 0 saturated carbocycles. The molecular weight excluding hydrogens is 254 g/mol. The largest absolute Gasteiger partial charge is 0.397 e. The fraction of sp³-hybridized carbons (Fsp3) is 0.933. The van der Waals surface area contributed by atoms with Crippen LogP contribution in [-0.4, -0.2) is 34.8 Å². The maximum Gasteiger partial charge on any atom is 0.324 e. The second-order valence-corrected chi connectivity index (χ2v) is 7.80. The van der Waals surface area contributed by atoms with E-state index in [1.54, 1.807) is 0 Å². The van der Waals surface area contributed by atoms with Gasteiger partial charge < -0.3 is 8.85 Å².